The molecule has 0 saturated heterocycles. The van der Waals surface area contributed by atoms with Crippen molar-refractivity contribution in [2.75, 3.05) is 13.2 Å². The van der Waals surface area contributed by atoms with Gasteiger partial charge in [0.25, 0.3) is 5.91 Å². The topological polar surface area (TPSA) is 64.1 Å². The summed E-state index contributed by atoms with van der Waals surface area (Å²) in [6.45, 7) is 6.93. The Morgan fingerprint density at radius 1 is 1.23 bits per heavy atom. The molecule has 2 heterocycles. The smallest absolute Gasteiger partial charge is 0.258 e. The van der Waals surface area contributed by atoms with Crippen molar-refractivity contribution in [1.29, 1.82) is 0 Å². The van der Waals surface area contributed by atoms with E-state index in [2.05, 4.69) is 65.7 Å². The number of amides is 1. The number of thiophene rings is 1. The van der Waals surface area contributed by atoms with Crippen LogP contribution in [-0.2, 0) is 4.79 Å². The highest BCUT2D eigenvalue weighted by Crippen LogP contribution is 2.37. The Hall–Kier alpha value is -2.47. The molecule has 2 aromatic heterocycles. The lowest BCUT2D eigenvalue weighted by atomic mass is 10.0. The summed E-state index contributed by atoms with van der Waals surface area (Å²) in [5.74, 6) is 0.871. The van der Waals surface area contributed by atoms with E-state index < -0.39 is 0 Å². The number of aryl methyl sites for hydroxylation is 1. The van der Waals surface area contributed by atoms with Crippen molar-refractivity contribution in [3.63, 3.8) is 0 Å². The van der Waals surface area contributed by atoms with Crippen LogP contribution in [0.3, 0.4) is 0 Å². The van der Waals surface area contributed by atoms with Gasteiger partial charge in [0, 0.05) is 17.5 Å². The van der Waals surface area contributed by atoms with Gasteiger partial charge in [0.05, 0.1) is 5.39 Å². The Kier molecular flexibility index (Phi) is 5.83. The van der Waals surface area contributed by atoms with E-state index in [0.29, 0.717) is 18.3 Å². The van der Waals surface area contributed by atoms with Crippen LogP contribution in [-0.4, -0.2) is 29.0 Å². The van der Waals surface area contributed by atoms with Crippen LogP contribution in [0.1, 0.15) is 25.8 Å². The molecule has 0 fully saturated rings. The summed E-state index contributed by atoms with van der Waals surface area (Å²) in [6.07, 6.45) is 2.43. The predicted octanol–water partition coefficient (Wildman–Crippen LogP) is 4.21. The van der Waals surface area contributed by atoms with Crippen molar-refractivity contribution in [1.82, 2.24) is 15.3 Å². The van der Waals surface area contributed by atoms with E-state index in [0.717, 1.165) is 27.8 Å². The molecular weight excluding hydrogens is 346 g/mol. The van der Waals surface area contributed by atoms with Crippen molar-refractivity contribution in [2.24, 2.45) is 5.92 Å². The molecule has 0 spiro atoms. The van der Waals surface area contributed by atoms with Gasteiger partial charge in [0.2, 0.25) is 5.88 Å². The van der Waals surface area contributed by atoms with Gasteiger partial charge in [-0.1, -0.05) is 43.7 Å². The minimum Gasteiger partial charge on any atom is -0.467 e. The molecule has 1 N–H and O–H groups in total. The molecule has 0 atom stereocenters. The van der Waals surface area contributed by atoms with E-state index in [1.54, 1.807) is 11.3 Å². The standard InChI is InChI=1S/C20H23N3O2S/c1-13(2)8-9-21-17(24)10-25-19-18-16(11-26-20(18)23-12-22-19)15-6-4-14(3)5-7-15/h4-7,11-13H,8-10H2,1-3H3,(H,21,24). The van der Waals surface area contributed by atoms with Gasteiger partial charge in [-0.2, -0.15) is 0 Å². The molecule has 5 nitrogen and oxygen atoms in total. The second kappa shape index (κ2) is 8.27. The van der Waals surface area contributed by atoms with Gasteiger partial charge in [-0.3, -0.25) is 4.79 Å². The summed E-state index contributed by atoms with van der Waals surface area (Å²) in [4.78, 5) is 21.4. The summed E-state index contributed by atoms with van der Waals surface area (Å²) in [6, 6.07) is 8.30. The molecule has 0 radical (unpaired) electrons. The number of nitrogens with one attached hydrogen (secondary N) is 1. The maximum Gasteiger partial charge on any atom is 0.258 e. The highest BCUT2D eigenvalue weighted by Gasteiger charge is 2.15. The molecule has 0 aliphatic heterocycles. The number of ether oxygens (including phenoxy) is 1. The van der Waals surface area contributed by atoms with Crippen molar-refractivity contribution in [2.45, 2.75) is 27.2 Å². The van der Waals surface area contributed by atoms with E-state index in [1.807, 2.05) is 0 Å². The average molecular weight is 369 g/mol. The number of nitrogens with zero attached hydrogens (tertiary/aromatic N) is 2. The Bertz CT molecular complexity index is 888. The first-order valence-corrected chi connectivity index (χ1v) is 9.61. The molecule has 0 aliphatic rings. The van der Waals surface area contributed by atoms with E-state index in [1.165, 1.54) is 11.9 Å². The Balaban J connectivity index is 1.77. The van der Waals surface area contributed by atoms with E-state index in [4.69, 9.17) is 4.74 Å². The maximum atomic E-state index is 12.0. The highest BCUT2D eigenvalue weighted by atomic mass is 32.1. The molecule has 0 bridgehead atoms. The summed E-state index contributed by atoms with van der Waals surface area (Å²) in [7, 11) is 0. The number of fused-ring (bicyclic) bond motifs is 1. The normalized spacial score (nSPS) is 11.1. The zero-order valence-corrected chi connectivity index (χ0v) is 16.1. The van der Waals surface area contributed by atoms with Gasteiger partial charge in [-0.15, -0.1) is 11.3 Å². The summed E-state index contributed by atoms with van der Waals surface area (Å²) in [5.41, 5.74) is 3.32. The van der Waals surface area contributed by atoms with Crippen molar-refractivity contribution < 1.29 is 9.53 Å². The molecule has 0 aliphatic carbocycles. The molecule has 26 heavy (non-hydrogen) atoms. The van der Waals surface area contributed by atoms with E-state index >= 15 is 0 Å². The monoisotopic (exact) mass is 369 g/mol. The molecule has 0 saturated carbocycles. The molecule has 3 rings (SSSR count). The number of rotatable bonds is 7. The lowest BCUT2D eigenvalue weighted by Gasteiger charge is -2.09. The number of benzene rings is 1. The quantitative estimate of drug-likeness (QED) is 0.678. The van der Waals surface area contributed by atoms with Crippen molar-refractivity contribution >= 4 is 27.5 Å². The van der Waals surface area contributed by atoms with Crippen LogP contribution in [0.25, 0.3) is 21.3 Å². The van der Waals surface area contributed by atoms with Crippen molar-refractivity contribution in [3.8, 4) is 17.0 Å². The van der Waals surface area contributed by atoms with Crippen LogP contribution >= 0.6 is 11.3 Å². The fraction of sp³-hybridized carbons (Fsp3) is 0.350. The SMILES string of the molecule is Cc1ccc(-c2csc3ncnc(OCC(=O)NCCC(C)C)c23)cc1. The zero-order chi connectivity index (χ0) is 18.5. The van der Waals surface area contributed by atoms with E-state index in [9.17, 15) is 4.79 Å². The molecule has 136 valence electrons. The molecule has 1 amide bonds. The lowest BCUT2D eigenvalue weighted by Crippen LogP contribution is -2.30. The number of hydrogen-bond donors (Lipinski definition) is 1. The second-order valence-electron chi connectivity index (χ2n) is 6.70. The second-order valence-corrected chi connectivity index (χ2v) is 7.55. The fourth-order valence-corrected chi connectivity index (χ4v) is 3.49. The van der Waals surface area contributed by atoms with Crippen LogP contribution in [0.2, 0.25) is 0 Å². The summed E-state index contributed by atoms with van der Waals surface area (Å²) >= 11 is 1.55. The third-order valence-electron chi connectivity index (χ3n) is 4.08. The summed E-state index contributed by atoms with van der Waals surface area (Å²) in [5, 5.41) is 5.79. The predicted molar refractivity (Wildman–Crippen MR) is 106 cm³/mol. The Labute approximate surface area is 157 Å². The van der Waals surface area contributed by atoms with Crippen LogP contribution in [0.5, 0.6) is 5.88 Å². The number of carbonyl (C=O) groups is 1. The minimum absolute atomic E-state index is 0.0482. The number of carbonyl (C=O) groups excluding carboxylic acids is 1. The van der Waals surface area contributed by atoms with Crippen LogP contribution in [0, 0.1) is 12.8 Å². The molecular formula is C20H23N3O2S. The maximum absolute atomic E-state index is 12.0. The number of aromatic nitrogens is 2. The van der Waals surface area contributed by atoms with Crippen LogP contribution in [0.15, 0.2) is 36.0 Å². The third-order valence-corrected chi connectivity index (χ3v) is 4.97. The Morgan fingerprint density at radius 2 is 2.00 bits per heavy atom. The Morgan fingerprint density at radius 3 is 2.73 bits per heavy atom. The average Bonchev–Trinajstić information content (AvgIpc) is 3.05. The van der Waals surface area contributed by atoms with Gasteiger partial charge in [-0.05, 0) is 24.8 Å². The molecule has 3 aromatic rings. The molecule has 0 unspecified atom stereocenters. The minimum atomic E-state index is -0.135. The van der Waals surface area contributed by atoms with Gasteiger partial charge in [0.15, 0.2) is 6.61 Å². The first-order valence-electron chi connectivity index (χ1n) is 8.73. The largest absolute Gasteiger partial charge is 0.467 e. The molecule has 1 aromatic carbocycles. The zero-order valence-electron chi connectivity index (χ0n) is 15.3. The van der Waals surface area contributed by atoms with Gasteiger partial charge < -0.3 is 10.1 Å². The first kappa shape index (κ1) is 18.3. The van der Waals surface area contributed by atoms with Gasteiger partial charge in [-0.25, -0.2) is 9.97 Å². The van der Waals surface area contributed by atoms with Crippen LogP contribution < -0.4 is 10.1 Å². The van der Waals surface area contributed by atoms with E-state index in [-0.39, 0.29) is 12.5 Å². The summed E-state index contributed by atoms with van der Waals surface area (Å²) < 4.78 is 5.73. The third kappa shape index (κ3) is 4.38. The first-order chi connectivity index (χ1) is 12.5. The number of hydrogen-bond acceptors (Lipinski definition) is 5. The molecule has 6 heteroatoms. The fourth-order valence-electron chi connectivity index (χ4n) is 2.59. The van der Waals surface area contributed by atoms with Gasteiger partial charge >= 0.3 is 0 Å². The van der Waals surface area contributed by atoms with Gasteiger partial charge in [0.1, 0.15) is 11.2 Å². The highest BCUT2D eigenvalue weighted by molar-refractivity contribution is 7.17. The lowest BCUT2D eigenvalue weighted by molar-refractivity contribution is -0.123. The van der Waals surface area contributed by atoms with Crippen LogP contribution in [0.4, 0.5) is 0 Å². The van der Waals surface area contributed by atoms with Crippen molar-refractivity contribution in [3.05, 3.63) is 41.5 Å².